The third-order valence-electron chi connectivity index (χ3n) is 1.24. The Labute approximate surface area is 91.8 Å². The molecule has 6 heteroatoms. The summed E-state index contributed by atoms with van der Waals surface area (Å²) in [5, 5.41) is 15.6. The van der Waals surface area contributed by atoms with Crippen molar-refractivity contribution in [1.82, 2.24) is 4.98 Å². The van der Waals surface area contributed by atoms with Crippen molar-refractivity contribution in [2.24, 2.45) is 0 Å². The summed E-state index contributed by atoms with van der Waals surface area (Å²) in [7, 11) is 1.62. The highest BCUT2D eigenvalue weighted by atomic mass is 16.5. The smallest absolute Gasteiger partial charge is 0.328 e. The minimum Gasteiger partial charge on any atom is -0.495 e. The molecule has 0 aliphatic heterocycles. The van der Waals surface area contributed by atoms with Crippen LogP contribution in [0, 0.1) is 0 Å². The summed E-state index contributed by atoms with van der Waals surface area (Å²) < 4.78 is 4.85. The van der Waals surface area contributed by atoms with E-state index in [1.54, 1.807) is 19.5 Å². The van der Waals surface area contributed by atoms with E-state index in [2.05, 4.69) is 4.98 Å². The van der Waals surface area contributed by atoms with Crippen LogP contribution in [0.4, 0.5) is 0 Å². The average Bonchev–Trinajstić information content (AvgIpc) is 2.28. The molecule has 0 amide bonds. The molecule has 0 aromatic carbocycles. The highest BCUT2D eigenvalue weighted by Gasteiger charge is 1.88. The molecule has 86 valence electrons. The summed E-state index contributed by atoms with van der Waals surface area (Å²) in [5.41, 5.74) is 0. The first-order chi connectivity index (χ1) is 7.56. The van der Waals surface area contributed by atoms with Crippen LogP contribution in [-0.2, 0) is 9.59 Å². The van der Waals surface area contributed by atoms with Crippen molar-refractivity contribution in [3.05, 3.63) is 36.7 Å². The number of aromatic nitrogens is 1. The Morgan fingerprint density at radius 1 is 1.31 bits per heavy atom. The van der Waals surface area contributed by atoms with Crippen LogP contribution in [-0.4, -0.2) is 34.2 Å². The zero-order valence-corrected chi connectivity index (χ0v) is 8.53. The third kappa shape index (κ3) is 8.24. The molecule has 0 saturated heterocycles. The lowest BCUT2D eigenvalue weighted by atomic mass is 10.5. The van der Waals surface area contributed by atoms with Gasteiger partial charge in [0.1, 0.15) is 5.75 Å². The van der Waals surface area contributed by atoms with Gasteiger partial charge < -0.3 is 14.9 Å². The van der Waals surface area contributed by atoms with Gasteiger partial charge in [-0.25, -0.2) is 9.59 Å². The first-order valence-electron chi connectivity index (χ1n) is 4.14. The molecule has 1 rings (SSSR count). The zero-order chi connectivity index (χ0) is 12.4. The Morgan fingerprint density at radius 3 is 2.12 bits per heavy atom. The van der Waals surface area contributed by atoms with Gasteiger partial charge in [-0.1, -0.05) is 0 Å². The second-order valence-corrected chi connectivity index (χ2v) is 2.40. The van der Waals surface area contributed by atoms with Crippen molar-refractivity contribution in [3.8, 4) is 5.75 Å². The van der Waals surface area contributed by atoms with Gasteiger partial charge in [-0.3, -0.25) is 4.98 Å². The number of aliphatic carboxylic acids is 2. The quantitative estimate of drug-likeness (QED) is 0.738. The topological polar surface area (TPSA) is 96.7 Å². The van der Waals surface area contributed by atoms with E-state index in [-0.39, 0.29) is 0 Å². The molecule has 16 heavy (non-hydrogen) atoms. The van der Waals surface area contributed by atoms with Gasteiger partial charge in [0.2, 0.25) is 0 Å². The maximum atomic E-state index is 9.55. The van der Waals surface area contributed by atoms with Crippen LogP contribution in [0.2, 0.25) is 0 Å². The van der Waals surface area contributed by atoms with Crippen LogP contribution in [0.3, 0.4) is 0 Å². The van der Waals surface area contributed by atoms with Crippen molar-refractivity contribution in [1.29, 1.82) is 0 Å². The standard InChI is InChI=1S/C6H7NO.C4H4O4/c1-8-6-3-2-4-7-5-6;5-3(6)1-2-4(7)8/h2-5H,1H3;1-2H,(H,5,6)(H,7,8)/b;2-1-. The van der Waals surface area contributed by atoms with Gasteiger partial charge in [-0.15, -0.1) is 0 Å². The summed E-state index contributed by atoms with van der Waals surface area (Å²) in [6.07, 6.45) is 4.49. The molecule has 0 spiro atoms. The van der Waals surface area contributed by atoms with Crippen LogP contribution in [0.1, 0.15) is 0 Å². The summed E-state index contributed by atoms with van der Waals surface area (Å²) in [5.74, 6) is -1.72. The fourth-order valence-corrected chi connectivity index (χ4v) is 0.610. The van der Waals surface area contributed by atoms with Gasteiger partial charge in [-0.05, 0) is 12.1 Å². The molecular formula is C10H11NO5. The minimum atomic E-state index is -1.26. The molecule has 0 radical (unpaired) electrons. The number of carboxylic acids is 2. The maximum absolute atomic E-state index is 9.55. The van der Waals surface area contributed by atoms with Gasteiger partial charge in [0, 0.05) is 18.3 Å². The molecule has 0 saturated carbocycles. The number of carboxylic acid groups (broad SMARTS) is 2. The van der Waals surface area contributed by atoms with E-state index in [0.29, 0.717) is 12.2 Å². The molecule has 1 aromatic heterocycles. The Balaban J connectivity index is 0.000000281. The highest BCUT2D eigenvalue weighted by molar-refractivity contribution is 5.89. The Morgan fingerprint density at radius 2 is 1.88 bits per heavy atom. The molecule has 0 aliphatic rings. The normalized spacial score (nSPS) is 9.06. The van der Waals surface area contributed by atoms with Crippen LogP contribution in [0.25, 0.3) is 0 Å². The third-order valence-corrected chi connectivity index (χ3v) is 1.24. The molecule has 1 heterocycles. The number of hydrogen-bond donors (Lipinski definition) is 2. The van der Waals surface area contributed by atoms with Crippen molar-refractivity contribution in [2.45, 2.75) is 0 Å². The fourth-order valence-electron chi connectivity index (χ4n) is 0.610. The minimum absolute atomic E-state index is 0.558. The molecule has 0 unspecified atom stereocenters. The number of nitrogens with zero attached hydrogens (tertiary/aromatic N) is 1. The van der Waals surface area contributed by atoms with Crippen LogP contribution in [0.15, 0.2) is 36.7 Å². The zero-order valence-electron chi connectivity index (χ0n) is 8.53. The van der Waals surface area contributed by atoms with Gasteiger partial charge >= 0.3 is 11.9 Å². The molecule has 0 atom stereocenters. The highest BCUT2D eigenvalue weighted by Crippen LogP contribution is 2.02. The summed E-state index contributed by atoms with van der Waals surface area (Å²) in [6, 6.07) is 3.69. The van der Waals surface area contributed by atoms with Crippen LogP contribution < -0.4 is 4.74 Å². The predicted molar refractivity (Wildman–Crippen MR) is 55.2 cm³/mol. The fraction of sp³-hybridized carbons (Fsp3) is 0.100. The van der Waals surface area contributed by atoms with Crippen LogP contribution in [0.5, 0.6) is 5.75 Å². The molecule has 0 aliphatic carbocycles. The van der Waals surface area contributed by atoms with E-state index < -0.39 is 11.9 Å². The second-order valence-electron chi connectivity index (χ2n) is 2.40. The van der Waals surface area contributed by atoms with E-state index in [1.807, 2.05) is 12.1 Å². The maximum Gasteiger partial charge on any atom is 0.328 e. The number of hydrogen-bond acceptors (Lipinski definition) is 4. The first kappa shape index (κ1) is 13.6. The van der Waals surface area contributed by atoms with Gasteiger partial charge in [0.05, 0.1) is 13.3 Å². The lowest BCUT2D eigenvalue weighted by molar-refractivity contribution is -0.134. The second kappa shape index (κ2) is 7.98. The number of rotatable bonds is 3. The van der Waals surface area contributed by atoms with E-state index in [1.165, 1.54) is 0 Å². The SMILES string of the molecule is COc1cccnc1.O=C(O)/C=C\C(=O)O. The number of pyridine rings is 1. The number of carbonyl (C=O) groups is 2. The summed E-state index contributed by atoms with van der Waals surface area (Å²) in [6.45, 7) is 0. The van der Waals surface area contributed by atoms with E-state index >= 15 is 0 Å². The summed E-state index contributed by atoms with van der Waals surface area (Å²) in [4.78, 5) is 22.9. The molecule has 0 bridgehead atoms. The van der Waals surface area contributed by atoms with Crippen LogP contribution >= 0.6 is 0 Å². The van der Waals surface area contributed by atoms with E-state index in [9.17, 15) is 9.59 Å². The van der Waals surface area contributed by atoms with E-state index in [4.69, 9.17) is 14.9 Å². The van der Waals surface area contributed by atoms with Gasteiger partial charge in [-0.2, -0.15) is 0 Å². The molecule has 0 fully saturated rings. The van der Waals surface area contributed by atoms with Gasteiger partial charge in [0.25, 0.3) is 0 Å². The molecule has 6 nitrogen and oxygen atoms in total. The summed E-state index contributed by atoms with van der Waals surface area (Å²) >= 11 is 0. The van der Waals surface area contributed by atoms with Crippen molar-refractivity contribution < 1.29 is 24.5 Å². The molecular weight excluding hydrogens is 214 g/mol. The predicted octanol–water partition coefficient (Wildman–Crippen LogP) is 0.802. The van der Waals surface area contributed by atoms with E-state index in [0.717, 1.165) is 5.75 Å². The Hall–Kier alpha value is -2.37. The lowest BCUT2D eigenvalue weighted by Gasteiger charge is -1.93. The van der Waals surface area contributed by atoms with Gasteiger partial charge in [0.15, 0.2) is 0 Å². The Kier molecular flexibility index (Phi) is 6.80. The Bertz CT molecular complexity index is 345. The van der Waals surface area contributed by atoms with Crippen molar-refractivity contribution >= 4 is 11.9 Å². The largest absolute Gasteiger partial charge is 0.495 e. The molecule has 1 aromatic rings. The van der Waals surface area contributed by atoms with Crippen molar-refractivity contribution in [3.63, 3.8) is 0 Å². The van der Waals surface area contributed by atoms with Crippen molar-refractivity contribution in [2.75, 3.05) is 7.11 Å². The molecule has 2 N–H and O–H groups in total. The monoisotopic (exact) mass is 225 g/mol. The lowest BCUT2D eigenvalue weighted by Crippen LogP contribution is -1.91. The average molecular weight is 225 g/mol. The number of methoxy groups -OCH3 is 1. The number of ether oxygens (including phenoxy) is 1. The first-order valence-corrected chi connectivity index (χ1v) is 4.14.